The van der Waals surface area contributed by atoms with E-state index in [1.165, 1.54) is 12.8 Å². The zero-order valence-electron chi connectivity index (χ0n) is 13.4. The van der Waals surface area contributed by atoms with Gasteiger partial charge in [-0.2, -0.15) is 0 Å². The Kier molecular flexibility index (Phi) is 3.98. The first kappa shape index (κ1) is 14.9. The summed E-state index contributed by atoms with van der Waals surface area (Å²) in [4.78, 5) is 27.5. The Bertz CT molecular complexity index is 429. The number of carbonyl (C=O) groups is 2. The number of amides is 2. The van der Waals surface area contributed by atoms with Crippen LogP contribution in [0.25, 0.3) is 0 Å². The number of nitrogens with one attached hydrogen (secondary N) is 1. The molecule has 1 N–H and O–H groups in total. The van der Waals surface area contributed by atoms with E-state index in [2.05, 4.69) is 12.2 Å². The third-order valence-corrected chi connectivity index (χ3v) is 5.54. The first-order chi connectivity index (χ1) is 10.1. The molecule has 3 rings (SSSR count). The zero-order chi connectivity index (χ0) is 15.0. The lowest BCUT2D eigenvalue weighted by molar-refractivity contribution is -0.158. The minimum Gasteiger partial charge on any atom is -0.342 e. The average molecular weight is 292 g/mol. The summed E-state index contributed by atoms with van der Waals surface area (Å²) in [6, 6.07) is -0.240. The van der Waals surface area contributed by atoms with Crippen LogP contribution >= 0.6 is 0 Å². The van der Waals surface area contributed by atoms with E-state index in [0.717, 1.165) is 45.1 Å². The molecule has 0 aromatic heterocycles. The molecule has 2 saturated carbocycles. The monoisotopic (exact) mass is 292 g/mol. The van der Waals surface area contributed by atoms with Crippen LogP contribution in [0, 0.1) is 11.8 Å². The topological polar surface area (TPSA) is 49.4 Å². The van der Waals surface area contributed by atoms with Gasteiger partial charge in [0.2, 0.25) is 11.8 Å². The molecule has 2 atom stereocenters. The van der Waals surface area contributed by atoms with Crippen LogP contribution in [0.4, 0.5) is 0 Å². The Morgan fingerprint density at radius 1 is 1.14 bits per heavy atom. The summed E-state index contributed by atoms with van der Waals surface area (Å²) in [6.07, 6.45) is 8.90. The summed E-state index contributed by atoms with van der Waals surface area (Å²) in [6.45, 7) is 4.93. The molecule has 1 heterocycles. The maximum Gasteiger partial charge on any atom is 0.246 e. The zero-order valence-corrected chi connectivity index (χ0v) is 13.4. The Morgan fingerprint density at radius 2 is 1.86 bits per heavy atom. The number of piperazine rings is 1. The van der Waals surface area contributed by atoms with E-state index in [1.807, 2.05) is 11.8 Å². The van der Waals surface area contributed by atoms with Gasteiger partial charge in [-0.1, -0.05) is 26.2 Å². The van der Waals surface area contributed by atoms with Crippen LogP contribution in [0.1, 0.15) is 65.2 Å². The fraction of sp³-hybridized carbons (Fsp3) is 0.882. The first-order valence-electron chi connectivity index (χ1n) is 8.71. The van der Waals surface area contributed by atoms with Gasteiger partial charge in [0.15, 0.2) is 0 Å². The van der Waals surface area contributed by atoms with Crippen LogP contribution in [0.2, 0.25) is 0 Å². The molecule has 0 aromatic rings. The molecule has 2 unspecified atom stereocenters. The van der Waals surface area contributed by atoms with Crippen LogP contribution in [0.3, 0.4) is 0 Å². The van der Waals surface area contributed by atoms with Crippen LogP contribution in [0.5, 0.6) is 0 Å². The molecule has 118 valence electrons. The van der Waals surface area contributed by atoms with Crippen LogP contribution < -0.4 is 5.32 Å². The normalized spacial score (nSPS) is 33.2. The smallest absolute Gasteiger partial charge is 0.246 e. The Balaban J connectivity index is 1.74. The van der Waals surface area contributed by atoms with Crippen molar-refractivity contribution in [2.45, 2.75) is 76.8 Å². The standard InChI is InChI=1S/C17H28N2O2/c1-3-4-5-6-11-19-15(20)14(12-7-8-12)18-16(21)17(19,2)13-9-10-13/h12-14H,3-11H2,1-2H3,(H,18,21). The molecule has 2 amide bonds. The Labute approximate surface area is 127 Å². The first-order valence-corrected chi connectivity index (χ1v) is 8.71. The average Bonchev–Trinajstić information content (AvgIpc) is 3.32. The summed E-state index contributed by atoms with van der Waals surface area (Å²) in [7, 11) is 0. The molecule has 1 aliphatic heterocycles. The second-order valence-corrected chi connectivity index (χ2v) is 7.26. The van der Waals surface area contributed by atoms with Crippen molar-refractivity contribution >= 4 is 11.8 Å². The highest BCUT2D eigenvalue weighted by Gasteiger charge is 2.58. The van der Waals surface area contributed by atoms with E-state index in [-0.39, 0.29) is 17.9 Å². The van der Waals surface area contributed by atoms with E-state index in [0.29, 0.717) is 11.8 Å². The highest BCUT2D eigenvalue weighted by molar-refractivity contribution is 6.00. The summed E-state index contributed by atoms with van der Waals surface area (Å²) in [5.74, 6) is 1.04. The molecule has 1 saturated heterocycles. The van der Waals surface area contributed by atoms with Gasteiger partial charge in [0.25, 0.3) is 0 Å². The Hall–Kier alpha value is -1.06. The van der Waals surface area contributed by atoms with Gasteiger partial charge in [0.05, 0.1) is 0 Å². The molecule has 3 fully saturated rings. The van der Waals surface area contributed by atoms with Crippen molar-refractivity contribution < 1.29 is 9.59 Å². The summed E-state index contributed by atoms with van der Waals surface area (Å²) in [5.41, 5.74) is -0.589. The van der Waals surface area contributed by atoms with Crippen molar-refractivity contribution in [2.24, 2.45) is 11.8 Å². The highest BCUT2D eigenvalue weighted by Crippen LogP contribution is 2.46. The van der Waals surface area contributed by atoms with Crippen LogP contribution in [-0.2, 0) is 9.59 Å². The third-order valence-electron chi connectivity index (χ3n) is 5.54. The maximum atomic E-state index is 12.9. The predicted octanol–water partition coefficient (Wildman–Crippen LogP) is 2.47. The minimum absolute atomic E-state index is 0.0944. The number of nitrogens with zero attached hydrogens (tertiary/aromatic N) is 1. The summed E-state index contributed by atoms with van der Waals surface area (Å²) >= 11 is 0. The van der Waals surface area contributed by atoms with Gasteiger partial charge in [-0.05, 0) is 50.9 Å². The van der Waals surface area contributed by atoms with Crippen molar-refractivity contribution in [3.63, 3.8) is 0 Å². The fourth-order valence-electron chi connectivity index (χ4n) is 3.71. The summed E-state index contributed by atoms with van der Waals surface area (Å²) < 4.78 is 0. The number of unbranched alkanes of at least 4 members (excludes halogenated alkanes) is 3. The number of hydrogen-bond acceptors (Lipinski definition) is 2. The number of rotatable bonds is 7. The van der Waals surface area contributed by atoms with Crippen LogP contribution in [-0.4, -0.2) is 34.8 Å². The van der Waals surface area contributed by atoms with Gasteiger partial charge >= 0.3 is 0 Å². The minimum atomic E-state index is -0.589. The van der Waals surface area contributed by atoms with Gasteiger partial charge in [-0.15, -0.1) is 0 Å². The molecule has 2 aliphatic carbocycles. The molecule has 0 bridgehead atoms. The number of hydrogen-bond donors (Lipinski definition) is 1. The van der Waals surface area contributed by atoms with Gasteiger partial charge < -0.3 is 10.2 Å². The maximum absolute atomic E-state index is 12.9. The largest absolute Gasteiger partial charge is 0.342 e. The SMILES string of the molecule is CCCCCCN1C(=O)C(C2CC2)NC(=O)C1(C)C1CC1. The van der Waals surface area contributed by atoms with Gasteiger partial charge in [-0.25, -0.2) is 0 Å². The predicted molar refractivity (Wildman–Crippen MR) is 81.6 cm³/mol. The van der Waals surface area contributed by atoms with Crippen molar-refractivity contribution in [1.29, 1.82) is 0 Å². The van der Waals surface area contributed by atoms with E-state index in [9.17, 15) is 9.59 Å². The highest BCUT2D eigenvalue weighted by atomic mass is 16.2. The van der Waals surface area contributed by atoms with Crippen molar-refractivity contribution in [3.05, 3.63) is 0 Å². The lowest BCUT2D eigenvalue weighted by Crippen LogP contribution is -2.71. The second-order valence-electron chi connectivity index (χ2n) is 7.26. The molecule has 0 aromatic carbocycles. The van der Waals surface area contributed by atoms with E-state index in [4.69, 9.17) is 0 Å². The second kappa shape index (κ2) is 5.62. The molecule has 0 radical (unpaired) electrons. The van der Waals surface area contributed by atoms with E-state index < -0.39 is 5.54 Å². The molecular weight excluding hydrogens is 264 g/mol. The number of carbonyl (C=O) groups excluding carboxylic acids is 2. The van der Waals surface area contributed by atoms with Crippen molar-refractivity contribution in [1.82, 2.24) is 10.2 Å². The van der Waals surface area contributed by atoms with E-state index in [1.54, 1.807) is 0 Å². The van der Waals surface area contributed by atoms with Crippen LogP contribution in [0.15, 0.2) is 0 Å². The quantitative estimate of drug-likeness (QED) is 0.733. The van der Waals surface area contributed by atoms with Crippen molar-refractivity contribution in [3.8, 4) is 0 Å². The molecule has 3 aliphatic rings. The molecular formula is C17H28N2O2. The molecule has 4 nitrogen and oxygen atoms in total. The third kappa shape index (κ3) is 2.69. The van der Waals surface area contributed by atoms with Gasteiger partial charge in [0.1, 0.15) is 11.6 Å². The molecule has 4 heteroatoms. The van der Waals surface area contributed by atoms with E-state index >= 15 is 0 Å². The molecule has 21 heavy (non-hydrogen) atoms. The van der Waals surface area contributed by atoms with Crippen molar-refractivity contribution in [2.75, 3.05) is 6.54 Å². The van der Waals surface area contributed by atoms with Gasteiger partial charge in [0, 0.05) is 6.54 Å². The summed E-state index contributed by atoms with van der Waals surface area (Å²) in [5, 5.41) is 3.04. The molecule has 0 spiro atoms. The Morgan fingerprint density at radius 3 is 2.43 bits per heavy atom. The van der Waals surface area contributed by atoms with Gasteiger partial charge in [-0.3, -0.25) is 9.59 Å². The fourth-order valence-corrected chi connectivity index (χ4v) is 3.71. The lowest BCUT2D eigenvalue weighted by Gasteiger charge is -2.47. The lowest BCUT2D eigenvalue weighted by atomic mass is 9.87.